The molecule has 0 spiro atoms. The lowest BCUT2D eigenvalue weighted by atomic mass is 10.0. The third-order valence-corrected chi connectivity index (χ3v) is 16.7. The second kappa shape index (κ2) is 27.7. The molecule has 0 amide bonds. The van der Waals surface area contributed by atoms with Crippen LogP contribution in [-0.4, -0.2) is 84.9 Å². The number of benzene rings is 4. The number of methoxy groups -OCH3 is 2. The lowest BCUT2D eigenvalue weighted by Gasteiger charge is -2.30. The molecule has 4 aromatic heterocycles. The van der Waals surface area contributed by atoms with Crippen molar-refractivity contribution < 1.29 is 71.4 Å². The molecular weight excluding hydrogens is 1310 g/mol. The van der Waals surface area contributed by atoms with Crippen molar-refractivity contribution >= 4 is 98.7 Å². The van der Waals surface area contributed by atoms with Gasteiger partial charge in [-0.25, -0.2) is 0 Å². The van der Waals surface area contributed by atoms with E-state index in [4.69, 9.17) is 37.7 Å². The van der Waals surface area contributed by atoms with Crippen LogP contribution in [0.3, 0.4) is 0 Å². The van der Waals surface area contributed by atoms with E-state index in [1.807, 2.05) is 0 Å². The Labute approximate surface area is 500 Å². The highest BCUT2D eigenvalue weighted by molar-refractivity contribution is 9.10. The molecule has 6 heterocycles. The molecule has 0 aliphatic carbocycles. The van der Waals surface area contributed by atoms with Crippen LogP contribution in [-0.2, 0) is 58.7 Å². The number of hydrogen-bond acceptors (Lipinski definition) is 14. The smallest absolute Gasteiger partial charge is 0.537 e. The summed E-state index contributed by atoms with van der Waals surface area (Å²) in [6, 6.07) is 23.9. The molecule has 2 unspecified atom stereocenters. The van der Waals surface area contributed by atoms with E-state index in [1.54, 1.807) is 24.3 Å². The van der Waals surface area contributed by atoms with Crippen molar-refractivity contribution in [1.29, 1.82) is 0 Å². The van der Waals surface area contributed by atoms with E-state index < -0.39 is 49.5 Å². The topological polar surface area (TPSA) is 243 Å². The van der Waals surface area contributed by atoms with Gasteiger partial charge in [-0.2, -0.15) is 71.6 Å². The predicted octanol–water partition coefficient (Wildman–Crippen LogP) is 9.58. The Bertz CT molecular complexity index is 3990. The van der Waals surface area contributed by atoms with Crippen molar-refractivity contribution in [2.45, 2.75) is 38.3 Å². The minimum Gasteiger partial charge on any atom is -0.537 e. The molecule has 0 fully saturated rings. The van der Waals surface area contributed by atoms with Crippen LogP contribution in [0.2, 0.25) is 10.0 Å². The molecular formula is C50H47BBrCl2F6N8O12P2S2. The largest absolute Gasteiger partial charge is 0.569 e. The fraction of sp³-hybridized carbons (Fsp3) is 0.200. The molecule has 2 aliphatic heterocycles. The molecule has 2 atom stereocenters. The molecule has 0 saturated carbocycles. The van der Waals surface area contributed by atoms with Crippen LogP contribution < -0.4 is 34.7 Å². The zero-order valence-corrected chi connectivity index (χ0v) is 51.2. The maximum Gasteiger partial charge on any atom is 0.569 e. The average molecular weight is 1350 g/mol. The van der Waals surface area contributed by atoms with Crippen molar-refractivity contribution in [1.82, 2.24) is 28.1 Å². The van der Waals surface area contributed by atoms with E-state index in [0.29, 0.717) is 57.6 Å². The van der Waals surface area contributed by atoms with Crippen molar-refractivity contribution in [3.05, 3.63) is 191 Å². The zero-order valence-electron chi connectivity index (χ0n) is 43.6. The van der Waals surface area contributed by atoms with Gasteiger partial charge in [-0.05, 0) is 87.2 Å². The van der Waals surface area contributed by atoms with E-state index in [9.17, 15) is 52.8 Å². The molecule has 3 N–H and O–H groups in total. The van der Waals surface area contributed by atoms with E-state index in [0.717, 1.165) is 24.3 Å². The summed E-state index contributed by atoms with van der Waals surface area (Å²) in [5.41, 5.74) is 1.50. The van der Waals surface area contributed by atoms with E-state index in [2.05, 4.69) is 49.4 Å². The SMILES string of the molecule is COc1cc(-c2cccc(C(F)(F)F)c2)c(Cl)cc1-n1c2c(ccc1=O)CN(S(=O)(=O)Nc1ccon1)CC2.COc1cc(Br)c(Cl)cc1-n1c2c(ccc1=O)CN(S(=O)(=O)Nc1ccon1)CC2.O[B]Oc1cccc(C(F)(F)F)c1.P.P. The van der Waals surface area contributed by atoms with E-state index in [-0.39, 0.29) is 103 Å². The van der Waals surface area contributed by atoms with Gasteiger partial charge in [0.1, 0.15) is 29.8 Å². The Morgan fingerprint density at radius 2 is 1.11 bits per heavy atom. The first-order chi connectivity index (χ1) is 38.8. The fourth-order valence-electron chi connectivity index (χ4n) is 8.56. The summed E-state index contributed by atoms with van der Waals surface area (Å²) >= 11 is 16.1. The first-order valence-corrected chi connectivity index (χ1v) is 28.0. The Hall–Kier alpha value is -6.46. The van der Waals surface area contributed by atoms with Gasteiger partial charge in [0.05, 0.1) is 46.8 Å². The van der Waals surface area contributed by atoms with Crippen LogP contribution in [0, 0.1) is 0 Å². The summed E-state index contributed by atoms with van der Waals surface area (Å²) in [6.07, 6.45) is -5.91. The maximum atomic E-state index is 13.3. The molecule has 1 radical (unpaired) electrons. The summed E-state index contributed by atoms with van der Waals surface area (Å²) in [6.45, 7) is 0.300. The van der Waals surface area contributed by atoms with Crippen molar-refractivity contribution in [3.63, 3.8) is 0 Å². The second-order valence-corrected chi connectivity index (χ2v) is 22.4. The standard InChI is InChI=1S/C25H20ClF3N4O5S.C18H16BrClN4O5S.C7H5BF3O2.2H3P/c1-37-22-12-18(15-3-2-4-17(11-15)25(27,28)29)19(26)13-21(22)33-20-7-9-32(14-16(20)5-6-24(33)34)39(35,36)31-23-8-10-38-30-23;1-28-16-8-12(19)13(20)9-15(16)24-14-4-6-23(10-11(14)2-3-18(24)25)30(26,27)22-17-5-7-29-21-17;9-7(10,11)5-2-1-3-6(4-5)13-8-12;;/h2-6,8,10-13H,7,9,14H2,1H3,(H,30,31);2-3,5,7-9H,4,6,10H2,1H3,(H,21,22);1-4,12H;2*1H3. The van der Waals surface area contributed by atoms with E-state index >= 15 is 0 Å². The Kier molecular flexibility index (Phi) is 22.0. The number of halogens is 9. The number of nitrogens with one attached hydrogen (secondary N) is 2. The van der Waals surface area contributed by atoms with Crippen LogP contribution in [0.25, 0.3) is 22.5 Å². The third-order valence-electron chi connectivity index (χ3n) is 12.3. The number of anilines is 2. The van der Waals surface area contributed by atoms with Crippen LogP contribution >= 0.6 is 58.9 Å². The summed E-state index contributed by atoms with van der Waals surface area (Å²) in [4.78, 5) is 25.8. The van der Waals surface area contributed by atoms with Gasteiger partial charge in [0.25, 0.3) is 11.1 Å². The quantitative estimate of drug-likeness (QED) is 0.0553. The summed E-state index contributed by atoms with van der Waals surface area (Å²) in [5.74, 6) is 0.734. The summed E-state index contributed by atoms with van der Waals surface area (Å²) in [5, 5.41) is 15.8. The Balaban J connectivity index is 0.000000222. The molecule has 34 heteroatoms. The second-order valence-electron chi connectivity index (χ2n) is 17.4. The lowest BCUT2D eigenvalue weighted by molar-refractivity contribution is -0.138. The van der Waals surface area contributed by atoms with Crippen LogP contribution in [0.15, 0.2) is 145 Å². The van der Waals surface area contributed by atoms with Gasteiger partial charge in [0, 0.05) is 84.7 Å². The number of pyridine rings is 2. The minimum atomic E-state index is -4.53. The summed E-state index contributed by atoms with van der Waals surface area (Å²) < 4.78 is 162. The highest BCUT2D eigenvalue weighted by atomic mass is 79.9. The maximum absolute atomic E-state index is 13.3. The molecule has 20 nitrogen and oxygen atoms in total. The zero-order chi connectivity index (χ0) is 59.3. The molecule has 2 aliphatic rings. The van der Waals surface area contributed by atoms with E-state index in [1.165, 1.54) is 105 Å². The Morgan fingerprint density at radius 3 is 1.56 bits per heavy atom. The van der Waals surface area contributed by atoms with Crippen LogP contribution in [0.1, 0.15) is 33.6 Å². The molecule has 84 heavy (non-hydrogen) atoms. The van der Waals surface area contributed by atoms with Gasteiger partial charge in [-0.15, -0.1) is 0 Å². The van der Waals surface area contributed by atoms with Gasteiger partial charge in [0.2, 0.25) is 0 Å². The highest BCUT2D eigenvalue weighted by Gasteiger charge is 2.34. The number of ether oxygens (including phenoxy) is 2. The van der Waals surface area contributed by atoms with Crippen molar-refractivity contribution in [2.75, 3.05) is 36.8 Å². The summed E-state index contributed by atoms with van der Waals surface area (Å²) in [7, 11) is -4.60. The van der Waals surface area contributed by atoms with Crippen molar-refractivity contribution in [3.8, 4) is 39.8 Å². The van der Waals surface area contributed by atoms with Gasteiger partial charge < -0.3 is 28.2 Å². The lowest BCUT2D eigenvalue weighted by Crippen LogP contribution is -2.41. The van der Waals surface area contributed by atoms with Crippen LogP contribution in [0.5, 0.6) is 17.2 Å². The monoisotopic (exact) mass is 1350 g/mol. The number of rotatable bonds is 13. The number of alkyl halides is 6. The molecule has 4 aromatic carbocycles. The number of fused-ring (bicyclic) bond motifs is 2. The van der Waals surface area contributed by atoms with Crippen LogP contribution in [0.4, 0.5) is 38.0 Å². The normalized spacial score (nSPS) is 13.4. The first-order valence-electron chi connectivity index (χ1n) is 23.5. The van der Waals surface area contributed by atoms with Crippen molar-refractivity contribution in [2.24, 2.45) is 0 Å². The fourth-order valence-corrected chi connectivity index (χ4v) is 11.6. The number of nitrogens with zero attached hydrogens (tertiary/aromatic N) is 6. The van der Waals surface area contributed by atoms with Gasteiger partial charge in [0.15, 0.2) is 11.6 Å². The molecule has 0 bridgehead atoms. The predicted molar refractivity (Wildman–Crippen MR) is 314 cm³/mol. The average Bonchev–Trinajstić information content (AvgIpc) is 4.05. The molecule has 10 rings (SSSR count). The minimum absolute atomic E-state index is 0. The number of aromatic nitrogens is 4. The number of hydrogen-bond donors (Lipinski definition) is 3. The van der Waals surface area contributed by atoms with Gasteiger partial charge >= 0.3 is 40.5 Å². The molecule has 0 saturated heterocycles. The van der Waals surface area contributed by atoms with Gasteiger partial charge in [-0.3, -0.25) is 28.2 Å². The van der Waals surface area contributed by atoms with Gasteiger partial charge in [-0.1, -0.05) is 63.8 Å². The molecule has 447 valence electrons. The Morgan fingerprint density at radius 1 is 0.643 bits per heavy atom. The highest BCUT2D eigenvalue weighted by Crippen LogP contribution is 2.40. The third kappa shape index (κ3) is 15.5. The molecule has 8 aromatic rings. The first kappa shape index (κ1) is 66.7.